The Balaban J connectivity index is 2.05. The Bertz CT molecular complexity index is 612. The summed E-state index contributed by atoms with van der Waals surface area (Å²) in [5.41, 5.74) is 1.97. The first-order valence-electron chi connectivity index (χ1n) is 6.30. The topological polar surface area (TPSA) is 73.0 Å². The van der Waals surface area contributed by atoms with E-state index in [0.717, 1.165) is 24.3 Å². The van der Waals surface area contributed by atoms with Crippen molar-refractivity contribution >= 4 is 27.3 Å². The third-order valence-electron chi connectivity index (χ3n) is 2.86. The molecule has 1 aromatic carbocycles. The van der Waals surface area contributed by atoms with Crippen LogP contribution >= 0.6 is 15.9 Å². The molecule has 0 aliphatic rings. The molecule has 0 saturated carbocycles. The van der Waals surface area contributed by atoms with Gasteiger partial charge in [-0.25, -0.2) is 0 Å². The lowest BCUT2D eigenvalue weighted by molar-refractivity contribution is -0.385. The minimum atomic E-state index is -0.413. The normalized spacial score (nSPS) is 10.5. The van der Waals surface area contributed by atoms with E-state index < -0.39 is 4.92 Å². The predicted molar refractivity (Wildman–Crippen MR) is 80.6 cm³/mol. The van der Waals surface area contributed by atoms with Gasteiger partial charge in [0.05, 0.1) is 21.6 Å². The van der Waals surface area contributed by atoms with Crippen LogP contribution in [0, 0.1) is 10.1 Å². The first-order valence-corrected chi connectivity index (χ1v) is 7.09. The molecule has 0 fully saturated rings. The van der Waals surface area contributed by atoms with Gasteiger partial charge in [-0.05, 0) is 40.5 Å². The second kappa shape index (κ2) is 6.51. The standard InChI is InChI=1S/C13H15BrN4O2/c1-2-7-17-11(5-6-16-17)9-15-10-3-4-13(18(19)20)12(14)8-10/h3-6,8,15H,2,7,9H2,1H3. The molecule has 20 heavy (non-hydrogen) atoms. The molecule has 0 atom stereocenters. The zero-order valence-corrected chi connectivity index (χ0v) is 12.6. The minimum absolute atomic E-state index is 0.0616. The number of benzene rings is 1. The zero-order chi connectivity index (χ0) is 14.5. The number of nitro benzene ring substituents is 1. The highest BCUT2D eigenvalue weighted by Crippen LogP contribution is 2.27. The van der Waals surface area contributed by atoms with Crippen LogP contribution in [0.3, 0.4) is 0 Å². The lowest BCUT2D eigenvalue weighted by Crippen LogP contribution is -2.09. The van der Waals surface area contributed by atoms with Crippen LogP contribution in [0.2, 0.25) is 0 Å². The van der Waals surface area contributed by atoms with Crippen LogP contribution in [0.4, 0.5) is 11.4 Å². The number of aromatic nitrogens is 2. The highest BCUT2D eigenvalue weighted by molar-refractivity contribution is 9.10. The fourth-order valence-electron chi connectivity index (χ4n) is 1.88. The summed E-state index contributed by atoms with van der Waals surface area (Å²) in [7, 11) is 0. The number of hydrogen-bond donors (Lipinski definition) is 1. The molecule has 1 N–H and O–H groups in total. The Morgan fingerprint density at radius 1 is 1.45 bits per heavy atom. The van der Waals surface area contributed by atoms with E-state index in [-0.39, 0.29) is 5.69 Å². The molecule has 2 rings (SSSR count). The van der Waals surface area contributed by atoms with Gasteiger partial charge in [-0.2, -0.15) is 5.10 Å². The van der Waals surface area contributed by atoms with Crippen molar-refractivity contribution in [3.63, 3.8) is 0 Å². The molecule has 0 aliphatic heterocycles. The van der Waals surface area contributed by atoms with E-state index in [4.69, 9.17) is 0 Å². The molecule has 1 aromatic heterocycles. The average molecular weight is 339 g/mol. The number of nitrogens with one attached hydrogen (secondary N) is 1. The molecule has 7 heteroatoms. The third-order valence-corrected chi connectivity index (χ3v) is 3.49. The number of nitro groups is 1. The van der Waals surface area contributed by atoms with Crippen molar-refractivity contribution in [1.29, 1.82) is 0 Å². The number of anilines is 1. The van der Waals surface area contributed by atoms with Gasteiger partial charge in [0, 0.05) is 24.5 Å². The fraction of sp³-hybridized carbons (Fsp3) is 0.308. The monoisotopic (exact) mass is 338 g/mol. The van der Waals surface area contributed by atoms with Crippen molar-refractivity contribution in [2.75, 3.05) is 5.32 Å². The highest BCUT2D eigenvalue weighted by Gasteiger charge is 2.11. The van der Waals surface area contributed by atoms with E-state index in [1.54, 1.807) is 18.3 Å². The van der Waals surface area contributed by atoms with Crippen molar-refractivity contribution < 1.29 is 4.92 Å². The van der Waals surface area contributed by atoms with Crippen LogP contribution < -0.4 is 5.32 Å². The molecule has 0 bridgehead atoms. The van der Waals surface area contributed by atoms with Gasteiger partial charge in [0.15, 0.2) is 0 Å². The van der Waals surface area contributed by atoms with E-state index in [1.807, 2.05) is 10.7 Å². The molecule has 0 saturated heterocycles. The number of halogens is 1. The van der Waals surface area contributed by atoms with Crippen molar-refractivity contribution in [2.45, 2.75) is 26.4 Å². The third kappa shape index (κ3) is 3.36. The Morgan fingerprint density at radius 2 is 2.25 bits per heavy atom. The Morgan fingerprint density at radius 3 is 2.90 bits per heavy atom. The van der Waals surface area contributed by atoms with Crippen LogP contribution in [0.1, 0.15) is 19.0 Å². The van der Waals surface area contributed by atoms with Crippen LogP contribution in [0.25, 0.3) is 0 Å². The molecule has 0 amide bonds. The zero-order valence-electron chi connectivity index (χ0n) is 11.0. The van der Waals surface area contributed by atoms with E-state index in [1.165, 1.54) is 6.07 Å². The Kier molecular flexibility index (Phi) is 4.73. The number of aryl methyl sites for hydroxylation is 1. The SMILES string of the molecule is CCCn1nccc1CNc1ccc([N+](=O)[O-])c(Br)c1. The number of nitrogens with zero attached hydrogens (tertiary/aromatic N) is 3. The van der Waals surface area contributed by atoms with Crippen LogP contribution in [0.5, 0.6) is 0 Å². The van der Waals surface area contributed by atoms with Gasteiger partial charge in [-0.15, -0.1) is 0 Å². The quantitative estimate of drug-likeness (QED) is 0.645. The summed E-state index contributed by atoms with van der Waals surface area (Å²) in [6, 6.07) is 6.85. The van der Waals surface area contributed by atoms with Crippen molar-refractivity contribution in [3.05, 3.63) is 50.7 Å². The van der Waals surface area contributed by atoms with Crippen LogP contribution in [0.15, 0.2) is 34.9 Å². The van der Waals surface area contributed by atoms with Crippen molar-refractivity contribution in [1.82, 2.24) is 9.78 Å². The van der Waals surface area contributed by atoms with E-state index >= 15 is 0 Å². The van der Waals surface area contributed by atoms with E-state index in [0.29, 0.717) is 11.0 Å². The van der Waals surface area contributed by atoms with Gasteiger partial charge in [0.25, 0.3) is 5.69 Å². The molecule has 6 nitrogen and oxygen atoms in total. The summed E-state index contributed by atoms with van der Waals surface area (Å²) in [5.74, 6) is 0. The van der Waals surface area contributed by atoms with Gasteiger partial charge < -0.3 is 5.32 Å². The molecular formula is C13H15BrN4O2. The summed E-state index contributed by atoms with van der Waals surface area (Å²) in [6.45, 7) is 3.62. The van der Waals surface area contributed by atoms with Gasteiger partial charge >= 0.3 is 0 Å². The average Bonchev–Trinajstić information content (AvgIpc) is 2.84. The second-order valence-corrected chi connectivity index (χ2v) is 5.18. The van der Waals surface area contributed by atoms with E-state index in [9.17, 15) is 10.1 Å². The van der Waals surface area contributed by atoms with Gasteiger partial charge in [-0.3, -0.25) is 14.8 Å². The molecule has 0 aliphatic carbocycles. The van der Waals surface area contributed by atoms with Crippen LogP contribution in [-0.2, 0) is 13.1 Å². The smallest absolute Gasteiger partial charge is 0.283 e. The highest BCUT2D eigenvalue weighted by atomic mass is 79.9. The van der Waals surface area contributed by atoms with Gasteiger partial charge in [0.1, 0.15) is 0 Å². The molecule has 2 aromatic rings. The number of rotatable bonds is 6. The van der Waals surface area contributed by atoms with Crippen LogP contribution in [-0.4, -0.2) is 14.7 Å². The maximum Gasteiger partial charge on any atom is 0.283 e. The maximum atomic E-state index is 10.7. The predicted octanol–water partition coefficient (Wildman–Crippen LogP) is 3.58. The summed E-state index contributed by atoms with van der Waals surface area (Å²) in [6.07, 6.45) is 2.80. The molecule has 0 unspecified atom stereocenters. The summed E-state index contributed by atoms with van der Waals surface area (Å²) >= 11 is 3.21. The largest absolute Gasteiger partial charge is 0.379 e. The number of hydrogen-bond acceptors (Lipinski definition) is 4. The van der Waals surface area contributed by atoms with Gasteiger partial charge in [0.2, 0.25) is 0 Å². The Hall–Kier alpha value is -1.89. The molecule has 106 valence electrons. The molecule has 0 radical (unpaired) electrons. The molecule has 1 heterocycles. The summed E-state index contributed by atoms with van der Waals surface area (Å²) in [5, 5.41) is 18.2. The van der Waals surface area contributed by atoms with E-state index in [2.05, 4.69) is 33.3 Å². The molecule has 0 spiro atoms. The first-order chi connectivity index (χ1) is 9.61. The summed E-state index contributed by atoms with van der Waals surface area (Å²) in [4.78, 5) is 10.3. The van der Waals surface area contributed by atoms with Crippen molar-refractivity contribution in [2.24, 2.45) is 0 Å². The maximum absolute atomic E-state index is 10.7. The lowest BCUT2D eigenvalue weighted by atomic mass is 10.3. The van der Waals surface area contributed by atoms with Crippen molar-refractivity contribution in [3.8, 4) is 0 Å². The fourth-order valence-corrected chi connectivity index (χ4v) is 2.40. The first kappa shape index (κ1) is 14.5. The lowest BCUT2D eigenvalue weighted by Gasteiger charge is -2.09. The summed E-state index contributed by atoms with van der Waals surface area (Å²) < 4.78 is 2.42. The minimum Gasteiger partial charge on any atom is -0.379 e. The van der Waals surface area contributed by atoms with Gasteiger partial charge in [-0.1, -0.05) is 6.92 Å². The Labute approximate surface area is 125 Å². The second-order valence-electron chi connectivity index (χ2n) is 4.32. The molecular weight excluding hydrogens is 324 g/mol.